The summed E-state index contributed by atoms with van der Waals surface area (Å²) in [7, 11) is 0. The van der Waals surface area contributed by atoms with Gasteiger partial charge in [-0.1, -0.05) is 0 Å². The molecular formula is C11H18N4O2S. The van der Waals surface area contributed by atoms with Gasteiger partial charge >= 0.3 is 0 Å². The van der Waals surface area contributed by atoms with Crippen LogP contribution in [0.1, 0.15) is 37.0 Å². The van der Waals surface area contributed by atoms with Crippen LogP contribution in [0.3, 0.4) is 0 Å². The first kappa shape index (κ1) is 13.1. The third kappa shape index (κ3) is 2.91. The van der Waals surface area contributed by atoms with Gasteiger partial charge < -0.3 is 21.5 Å². The van der Waals surface area contributed by atoms with E-state index in [0.717, 1.165) is 24.4 Å². The van der Waals surface area contributed by atoms with E-state index in [1.165, 1.54) is 0 Å². The zero-order valence-corrected chi connectivity index (χ0v) is 11.3. The molecule has 0 unspecified atom stereocenters. The van der Waals surface area contributed by atoms with Gasteiger partial charge in [-0.2, -0.15) is 4.37 Å². The van der Waals surface area contributed by atoms with Crippen LogP contribution in [0.4, 0.5) is 10.8 Å². The number of carbonyl (C=O) groups is 1. The Bertz CT molecular complexity index is 454. The lowest BCUT2D eigenvalue weighted by Crippen LogP contribution is -2.36. The number of aliphatic hydroxyl groups excluding tert-OH is 1. The van der Waals surface area contributed by atoms with E-state index in [0.29, 0.717) is 10.6 Å². The van der Waals surface area contributed by atoms with Gasteiger partial charge in [0.15, 0.2) is 5.82 Å². The first-order valence-electron chi connectivity index (χ1n) is 5.88. The zero-order valence-electron chi connectivity index (χ0n) is 10.5. The second-order valence-corrected chi connectivity index (χ2v) is 5.96. The predicted molar refractivity (Wildman–Crippen MR) is 71.8 cm³/mol. The minimum Gasteiger partial charge on any atom is -0.394 e. The molecule has 1 aliphatic carbocycles. The Labute approximate surface area is 110 Å². The molecular weight excluding hydrogens is 252 g/mol. The number of nitrogens with two attached hydrogens (primary N) is 1. The lowest BCUT2D eigenvalue weighted by Gasteiger charge is -2.24. The molecule has 18 heavy (non-hydrogen) atoms. The average Bonchev–Trinajstić information content (AvgIpc) is 3.03. The van der Waals surface area contributed by atoms with E-state index in [9.17, 15) is 9.90 Å². The molecule has 0 atom stereocenters. The quantitative estimate of drug-likeness (QED) is 0.634. The molecule has 1 heterocycles. The molecule has 0 bridgehead atoms. The Morgan fingerprint density at radius 3 is 2.83 bits per heavy atom. The normalized spacial score (nSPS) is 15.5. The Kier molecular flexibility index (Phi) is 3.45. The first-order valence-corrected chi connectivity index (χ1v) is 6.65. The standard InChI is InChI=1S/C11H18N4O2S/c1-11(2,5-16)14-10-7(8(12)15-18-10)9(17)13-6-3-4-6/h6,14,16H,3-5H2,1-2H3,(H2,12,15)(H,13,17). The third-order valence-corrected chi connectivity index (χ3v) is 3.48. The predicted octanol–water partition coefficient (Wildman–Crippen LogP) is 0.800. The van der Waals surface area contributed by atoms with Gasteiger partial charge in [0.05, 0.1) is 12.1 Å². The third-order valence-electron chi connectivity index (χ3n) is 2.71. The molecule has 1 fully saturated rings. The highest BCUT2D eigenvalue weighted by atomic mass is 32.1. The summed E-state index contributed by atoms with van der Waals surface area (Å²) in [5, 5.41) is 15.8. The molecule has 100 valence electrons. The van der Waals surface area contributed by atoms with Crippen LogP contribution >= 0.6 is 11.5 Å². The Balaban J connectivity index is 2.17. The van der Waals surface area contributed by atoms with Crippen LogP contribution in [0, 0.1) is 0 Å². The Hall–Kier alpha value is -1.34. The van der Waals surface area contributed by atoms with E-state index >= 15 is 0 Å². The molecule has 1 saturated carbocycles. The minimum absolute atomic E-state index is 0.0471. The van der Waals surface area contributed by atoms with Gasteiger partial charge in [-0.25, -0.2) is 0 Å². The van der Waals surface area contributed by atoms with Crippen molar-refractivity contribution in [2.75, 3.05) is 17.7 Å². The van der Waals surface area contributed by atoms with Crippen LogP contribution in [-0.4, -0.2) is 33.6 Å². The maximum atomic E-state index is 12.0. The number of aromatic nitrogens is 1. The van der Waals surface area contributed by atoms with E-state index in [-0.39, 0.29) is 24.4 Å². The van der Waals surface area contributed by atoms with Crippen LogP contribution in [-0.2, 0) is 0 Å². The number of carbonyl (C=O) groups excluding carboxylic acids is 1. The summed E-state index contributed by atoms with van der Waals surface area (Å²) in [6.07, 6.45) is 2.04. The number of nitrogens with zero attached hydrogens (tertiary/aromatic N) is 1. The van der Waals surface area contributed by atoms with E-state index in [1.54, 1.807) is 0 Å². The highest BCUT2D eigenvalue weighted by Crippen LogP contribution is 2.30. The highest BCUT2D eigenvalue weighted by Gasteiger charge is 2.29. The van der Waals surface area contributed by atoms with Crippen molar-refractivity contribution < 1.29 is 9.90 Å². The molecule has 0 aromatic carbocycles. The van der Waals surface area contributed by atoms with Crippen molar-refractivity contribution in [3.8, 4) is 0 Å². The van der Waals surface area contributed by atoms with Crippen LogP contribution in [0.15, 0.2) is 0 Å². The first-order chi connectivity index (χ1) is 8.43. The lowest BCUT2D eigenvalue weighted by atomic mass is 10.1. The molecule has 0 radical (unpaired) electrons. The van der Waals surface area contributed by atoms with Crippen molar-refractivity contribution in [1.82, 2.24) is 9.69 Å². The second-order valence-electron chi connectivity index (χ2n) is 5.19. The van der Waals surface area contributed by atoms with Crippen molar-refractivity contribution in [3.05, 3.63) is 5.56 Å². The molecule has 0 aliphatic heterocycles. The van der Waals surface area contributed by atoms with Crippen molar-refractivity contribution >= 4 is 28.3 Å². The van der Waals surface area contributed by atoms with E-state index in [1.807, 2.05) is 13.8 Å². The van der Waals surface area contributed by atoms with Gasteiger partial charge in [-0.15, -0.1) is 0 Å². The number of rotatable bonds is 5. The van der Waals surface area contributed by atoms with Gasteiger partial charge in [-0.3, -0.25) is 4.79 Å². The molecule has 1 amide bonds. The molecule has 7 heteroatoms. The average molecular weight is 270 g/mol. The highest BCUT2D eigenvalue weighted by molar-refractivity contribution is 7.11. The number of hydrogen-bond acceptors (Lipinski definition) is 6. The smallest absolute Gasteiger partial charge is 0.258 e. The second kappa shape index (κ2) is 4.74. The fourth-order valence-electron chi connectivity index (χ4n) is 1.44. The van der Waals surface area contributed by atoms with Crippen LogP contribution < -0.4 is 16.4 Å². The summed E-state index contributed by atoms with van der Waals surface area (Å²) in [6.45, 7) is 3.63. The van der Waals surface area contributed by atoms with E-state index in [2.05, 4.69) is 15.0 Å². The summed E-state index contributed by atoms with van der Waals surface area (Å²) in [6, 6.07) is 0.274. The number of aliphatic hydroxyl groups is 1. The zero-order chi connectivity index (χ0) is 13.3. The fraction of sp³-hybridized carbons (Fsp3) is 0.636. The molecule has 2 rings (SSSR count). The minimum atomic E-state index is -0.520. The number of hydrogen-bond donors (Lipinski definition) is 4. The number of nitrogen functional groups attached to an aromatic ring is 1. The van der Waals surface area contributed by atoms with Gasteiger partial charge in [-0.05, 0) is 38.2 Å². The Morgan fingerprint density at radius 2 is 2.28 bits per heavy atom. The fourth-order valence-corrected chi connectivity index (χ4v) is 2.33. The summed E-state index contributed by atoms with van der Waals surface area (Å²) in [4.78, 5) is 12.0. The van der Waals surface area contributed by atoms with Gasteiger partial charge in [0, 0.05) is 6.04 Å². The maximum Gasteiger partial charge on any atom is 0.258 e. The van der Waals surface area contributed by atoms with Crippen molar-refractivity contribution in [3.63, 3.8) is 0 Å². The number of anilines is 2. The summed E-state index contributed by atoms with van der Waals surface area (Å²) in [5.41, 5.74) is 5.60. The van der Waals surface area contributed by atoms with E-state index in [4.69, 9.17) is 5.73 Å². The largest absolute Gasteiger partial charge is 0.394 e. The Morgan fingerprint density at radius 1 is 1.61 bits per heavy atom. The monoisotopic (exact) mass is 270 g/mol. The van der Waals surface area contributed by atoms with Crippen molar-refractivity contribution in [1.29, 1.82) is 0 Å². The van der Waals surface area contributed by atoms with Gasteiger partial charge in [0.1, 0.15) is 10.6 Å². The molecule has 1 aromatic rings. The molecule has 0 saturated heterocycles. The maximum absolute atomic E-state index is 12.0. The van der Waals surface area contributed by atoms with Crippen molar-refractivity contribution in [2.45, 2.75) is 38.3 Å². The van der Waals surface area contributed by atoms with Crippen LogP contribution in [0.5, 0.6) is 0 Å². The summed E-state index contributed by atoms with van der Waals surface area (Å²) < 4.78 is 4.00. The number of amides is 1. The number of nitrogens with one attached hydrogen (secondary N) is 2. The molecule has 0 spiro atoms. The topological polar surface area (TPSA) is 100 Å². The lowest BCUT2D eigenvalue weighted by molar-refractivity contribution is 0.0953. The molecule has 1 aliphatic rings. The van der Waals surface area contributed by atoms with Crippen LogP contribution in [0.2, 0.25) is 0 Å². The SMILES string of the molecule is CC(C)(CO)Nc1snc(N)c1C(=O)NC1CC1. The molecule has 1 aromatic heterocycles. The summed E-state index contributed by atoms with van der Waals surface area (Å²) in [5.74, 6) is 0.0365. The van der Waals surface area contributed by atoms with Gasteiger partial charge in [0.2, 0.25) is 0 Å². The molecule has 6 nitrogen and oxygen atoms in total. The van der Waals surface area contributed by atoms with Crippen molar-refractivity contribution in [2.24, 2.45) is 0 Å². The van der Waals surface area contributed by atoms with Gasteiger partial charge in [0.25, 0.3) is 5.91 Å². The van der Waals surface area contributed by atoms with E-state index < -0.39 is 5.54 Å². The van der Waals surface area contributed by atoms with Crippen LogP contribution in [0.25, 0.3) is 0 Å². The summed E-state index contributed by atoms with van der Waals surface area (Å²) >= 11 is 1.14. The molecule has 5 N–H and O–H groups in total.